The van der Waals surface area contributed by atoms with Crippen LogP contribution in [0, 0.1) is 18.8 Å². The summed E-state index contributed by atoms with van der Waals surface area (Å²) in [5.74, 6) is -1.85. The first-order valence-corrected chi connectivity index (χ1v) is 13.5. The zero-order chi connectivity index (χ0) is 26.6. The quantitative estimate of drug-likeness (QED) is 0.362. The van der Waals surface area contributed by atoms with Crippen molar-refractivity contribution in [2.45, 2.75) is 57.9 Å². The summed E-state index contributed by atoms with van der Waals surface area (Å²) >= 11 is 0. The van der Waals surface area contributed by atoms with Crippen molar-refractivity contribution in [3.05, 3.63) is 82.1 Å². The van der Waals surface area contributed by atoms with E-state index in [1.54, 1.807) is 19.9 Å². The number of likely N-dealkylation sites (tertiary alicyclic amines) is 1. The van der Waals surface area contributed by atoms with Gasteiger partial charge in [-0.15, -0.1) is 10.2 Å². The Bertz CT molecular complexity index is 1530. The minimum atomic E-state index is -2.64. The van der Waals surface area contributed by atoms with Crippen molar-refractivity contribution < 1.29 is 8.78 Å². The van der Waals surface area contributed by atoms with Gasteiger partial charge < -0.3 is 4.57 Å². The van der Waals surface area contributed by atoms with E-state index in [9.17, 15) is 13.6 Å². The lowest BCUT2D eigenvalue weighted by molar-refractivity contribution is -0.114. The number of nitrogens with zero attached hydrogens (tertiary/aromatic N) is 6. The summed E-state index contributed by atoms with van der Waals surface area (Å²) in [7, 11) is 1.83. The average Bonchev–Trinajstić information content (AvgIpc) is 3.42. The molecule has 0 radical (unpaired) electrons. The number of halogens is 2. The molecule has 200 valence electrons. The summed E-state index contributed by atoms with van der Waals surface area (Å²) in [6.07, 6.45) is 7.56. The van der Waals surface area contributed by atoms with Crippen molar-refractivity contribution in [1.29, 1.82) is 0 Å². The number of alkyl halides is 2. The van der Waals surface area contributed by atoms with E-state index in [2.05, 4.69) is 28.1 Å². The molecule has 0 N–H and O–H groups in total. The number of imidazole rings is 1. The molecular weight excluding hydrogens is 486 g/mol. The van der Waals surface area contributed by atoms with Gasteiger partial charge in [0.25, 0.3) is 0 Å². The van der Waals surface area contributed by atoms with E-state index in [1.165, 1.54) is 12.8 Å². The molecule has 0 spiro atoms. The Morgan fingerprint density at radius 3 is 2.71 bits per heavy atom. The molecule has 3 aromatic heterocycles. The molecule has 1 saturated carbocycles. The second-order valence-electron chi connectivity index (χ2n) is 11.4. The van der Waals surface area contributed by atoms with E-state index in [1.807, 2.05) is 50.6 Å². The van der Waals surface area contributed by atoms with Crippen molar-refractivity contribution in [3.63, 3.8) is 0 Å². The molecule has 4 heterocycles. The van der Waals surface area contributed by atoms with Crippen molar-refractivity contribution in [2.24, 2.45) is 18.9 Å². The van der Waals surface area contributed by atoms with Crippen molar-refractivity contribution in [1.82, 2.24) is 28.6 Å². The van der Waals surface area contributed by atoms with Crippen molar-refractivity contribution in [3.8, 4) is 5.69 Å². The maximum atomic E-state index is 13.9. The Kier molecular flexibility index (Phi) is 6.21. The van der Waals surface area contributed by atoms with Gasteiger partial charge in [0, 0.05) is 51.3 Å². The van der Waals surface area contributed by atoms with Gasteiger partial charge in [0.05, 0.1) is 11.2 Å². The number of rotatable bonds is 6. The Balaban J connectivity index is 1.36. The normalized spacial score (nSPS) is 21.0. The molecule has 2 aliphatic rings. The zero-order valence-electron chi connectivity index (χ0n) is 22.1. The van der Waals surface area contributed by atoms with Crippen LogP contribution in [0.15, 0.2) is 53.8 Å². The number of benzene rings is 1. The van der Waals surface area contributed by atoms with Crippen LogP contribution in [0.5, 0.6) is 0 Å². The molecule has 2 atom stereocenters. The first-order chi connectivity index (χ1) is 18.2. The van der Waals surface area contributed by atoms with Gasteiger partial charge >= 0.3 is 5.69 Å². The number of piperidine rings is 1. The molecule has 1 saturated heterocycles. The molecule has 0 amide bonds. The lowest BCUT2D eigenvalue weighted by atomic mass is 9.70. The Morgan fingerprint density at radius 1 is 1.18 bits per heavy atom. The van der Waals surface area contributed by atoms with Crippen LogP contribution >= 0.6 is 0 Å². The summed E-state index contributed by atoms with van der Waals surface area (Å²) in [5, 5.41) is 8.26. The zero-order valence-corrected chi connectivity index (χ0v) is 22.1. The second kappa shape index (κ2) is 9.45. The molecule has 7 nitrogen and oxygen atoms in total. The highest BCUT2D eigenvalue weighted by Gasteiger charge is 2.50. The molecule has 1 aliphatic heterocycles. The second-order valence-corrected chi connectivity index (χ2v) is 11.4. The maximum Gasteiger partial charge on any atom is 0.337 e. The van der Waals surface area contributed by atoms with E-state index in [4.69, 9.17) is 0 Å². The summed E-state index contributed by atoms with van der Waals surface area (Å²) < 4.78 is 32.9. The minimum Gasteiger partial charge on any atom is -0.320 e. The first kappa shape index (κ1) is 25.0. The number of hydrogen-bond acceptors (Lipinski definition) is 4. The van der Waals surface area contributed by atoms with E-state index in [0.717, 1.165) is 41.8 Å². The Morgan fingerprint density at radius 2 is 2.00 bits per heavy atom. The first-order valence-electron chi connectivity index (χ1n) is 13.5. The maximum absolute atomic E-state index is 13.9. The van der Waals surface area contributed by atoms with Gasteiger partial charge in [-0.1, -0.05) is 25.1 Å². The summed E-state index contributed by atoms with van der Waals surface area (Å²) in [6.45, 7) is 7.34. The number of aryl methyl sites for hydroxylation is 2. The molecule has 6 rings (SSSR count). The number of fused-ring (bicyclic) bond motifs is 1. The number of aromatic nitrogens is 5. The van der Waals surface area contributed by atoms with Crippen LogP contribution in [-0.2, 0) is 13.6 Å². The van der Waals surface area contributed by atoms with Crippen LogP contribution < -0.4 is 5.69 Å². The molecule has 1 unspecified atom stereocenters. The van der Waals surface area contributed by atoms with Gasteiger partial charge in [-0.3, -0.25) is 13.9 Å². The van der Waals surface area contributed by atoms with Crippen LogP contribution in [0.25, 0.3) is 11.2 Å². The van der Waals surface area contributed by atoms with Crippen LogP contribution in [0.3, 0.4) is 0 Å². The molecule has 9 heteroatoms. The fraction of sp³-hybridized carbons (Fsp3) is 0.483. The standard InChI is InChI=1S/C29H34F2N6O/c1-19-6-5-9-35(14-19)15-21-10-20(2)25-17-36(28(38)37(25)16-21)24-8-4-7-22(11-24)26(23-12-29(30,31)13-23)27-33-32-18-34(27)3/h4,7-8,10-11,16-19,23,26H,5-6,9,12-15H2,1-3H3/t19-,26?/m0/s1. The summed E-state index contributed by atoms with van der Waals surface area (Å²) in [5.41, 5.74) is 4.47. The predicted molar refractivity (Wildman–Crippen MR) is 142 cm³/mol. The van der Waals surface area contributed by atoms with Gasteiger partial charge in [-0.25, -0.2) is 13.6 Å². The molecule has 2 fully saturated rings. The van der Waals surface area contributed by atoms with Gasteiger partial charge in [0.15, 0.2) is 0 Å². The minimum absolute atomic E-state index is 0.139. The van der Waals surface area contributed by atoms with Gasteiger partial charge in [0.2, 0.25) is 5.92 Å². The predicted octanol–water partition coefficient (Wildman–Crippen LogP) is 4.94. The fourth-order valence-electron chi connectivity index (χ4n) is 6.41. The van der Waals surface area contributed by atoms with E-state index in [0.29, 0.717) is 17.4 Å². The highest BCUT2D eigenvalue weighted by molar-refractivity contribution is 5.56. The molecule has 4 aromatic rings. The van der Waals surface area contributed by atoms with E-state index >= 15 is 0 Å². The van der Waals surface area contributed by atoms with Gasteiger partial charge in [0.1, 0.15) is 12.2 Å². The smallest absolute Gasteiger partial charge is 0.320 e. The van der Waals surface area contributed by atoms with Crippen LogP contribution in [0.2, 0.25) is 0 Å². The Labute approximate surface area is 220 Å². The fourth-order valence-corrected chi connectivity index (χ4v) is 6.41. The van der Waals surface area contributed by atoms with E-state index in [-0.39, 0.29) is 30.4 Å². The van der Waals surface area contributed by atoms with Gasteiger partial charge in [-0.2, -0.15) is 0 Å². The largest absolute Gasteiger partial charge is 0.337 e. The molecule has 38 heavy (non-hydrogen) atoms. The van der Waals surface area contributed by atoms with Crippen LogP contribution in [-0.4, -0.2) is 47.6 Å². The molecule has 1 aromatic carbocycles. The van der Waals surface area contributed by atoms with Crippen molar-refractivity contribution in [2.75, 3.05) is 13.1 Å². The monoisotopic (exact) mass is 520 g/mol. The number of hydrogen-bond donors (Lipinski definition) is 0. The third-order valence-electron chi connectivity index (χ3n) is 8.30. The SMILES string of the molecule is Cc1cc(CN2CCC[C@H](C)C2)cn2c(=O)n(-c3cccc(C(c4nncn4C)C4CC(F)(F)C4)c3)cc12. The molecule has 0 bridgehead atoms. The third-order valence-corrected chi connectivity index (χ3v) is 8.30. The summed E-state index contributed by atoms with van der Waals surface area (Å²) in [6, 6.07) is 9.81. The summed E-state index contributed by atoms with van der Waals surface area (Å²) in [4.78, 5) is 16.1. The average molecular weight is 521 g/mol. The third kappa shape index (κ3) is 4.57. The lowest BCUT2D eigenvalue weighted by Gasteiger charge is -2.39. The van der Waals surface area contributed by atoms with Crippen LogP contribution in [0.1, 0.15) is 61.0 Å². The molecular formula is C29H34F2N6O. The van der Waals surface area contributed by atoms with Crippen molar-refractivity contribution >= 4 is 5.52 Å². The topological polar surface area (TPSA) is 60.4 Å². The van der Waals surface area contributed by atoms with Crippen LogP contribution in [0.4, 0.5) is 8.78 Å². The highest BCUT2D eigenvalue weighted by atomic mass is 19.3. The Hall–Kier alpha value is -3.33. The number of pyridine rings is 1. The highest BCUT2D eigenvalue weighted by Crippen LogP contribution is 2.51. The molecule has 1 aliphatic carbocycles. The van der Waals surface area contributed by atoms with Gasteiger partial charge in [-0.05, 0) is 67.0 Å². The lowest BCUT2D eigenvalue weighted by Crippen LogP contribution is -2.39. The van der Waals surface area contributed by atoms with E-state index < -0.39 is 5.92 Å².